The first kappa shape index (κ1) is 18.5. The molecule has 1 heterocycles. The van der Waals surface area contributed by atoms with Gasteiger partial charge in [0.25, 0.3) is 0 Å². The smallest absolute Gasteiger partial charge is 0.233 e. The molecule has 3 rings (SSSR count). The maximum absolute atomic E-state index is 13.6. The lowest BCUT2D eigenvalue weighted by molar-refractivity contribution is -0.128. The zero-order chi connectivity index (χ0) is 18.5. The predicted molar refractivity (Wildman–Crippen MR) is 102 cm³/mol. The van der Waals surface area contributed by atoms with Crippen LogP contribution in [0.15, 0.2) is 53.4 Å². The van der Waals surface area contributed by atoms with Crippen molar-refractivity contribution in [1.29, 1.82) is 0 Å². The highest BCUT2D eigenvalue weighted by Gasteiger charge is 2.21. The number of rotatable bonds is 5. The second-order valence-electron chi connectivity index (χ2n) is 6.19. The Bertz CT molecular complexity index is 787. The van der Waals surface area contributed by atoms with Crippen molar-refractivity contribution in [2.45, 2.75) is 11.8 Å². The van der Waals surface area contributed by atoms with Gasteiger partial charge in [0.2, 0.25) is 5.91 Å². The number of benzene rings is 2. The Balaban J connectivity index is 1.50. The minimum absolute atomic E-state index is 0.0323. The number of hydrogen-bond donors (Lipinski definition) is 0. The molecule has 0 radical (unpaired) electrons. The molecule has 1 amide bonds. The SMILES string of the molecule is CC(=O)c1ccc(N2CCN(C(=O)CSc3ccccc3F)CC2)cc1. The van der Waals surface area contributed by atoms with Gasteiger partial charge in [-0.15, -0.1) is 11.8 Å². The Morgan fingerprint density at radius 2 is 1.65 bits per heavy atom. The monoisotopic (exact) mass is 372 g/mol. The van der Waals surface area contributed by atoms with Gasteiger partial charge in [-0.2, -0.15) is 0 Å². The summed E-state index contributed by atoms with van der Waals surface area (Å²) in [5.41, 5.74) is 1.76. The van der Waals surface area contributed by atoms with E-state index in [-0.39, 0.29) is 23.3 Å². The molecular formula is C20H21FN2O2S. The van der Waals surface area contributed by atoms with Gasteiger partial charge in [-0.3, -0.25) is 9.59 Å². The van der Waals surface area contributed by atoms with Crippen LogP contribution in [0.4, 0.5) is 10.1 Å². The molecule has 1 aliphatic rings. The largest absolute Gasteiger partial charge is 0.368 e. The van der Waals surface area contributed by atoms with E-state index >= 15 is 0 Å². The molecule has 4 nitrogen and oxygen atoms in total. The van der Waals surface area contributed by atoms with E-state index in [0.29, 0.717) is 23.5 Å². The van der Waals surface area contributed by atoms with Gasteiger partial charge in [0.1, 0.15) is 5.82 Å². The Morgan fingerprint density at radius 3 is 2.27 bits per heavy atom. The van der Waals surface area contributed by atoms with Crippen molar-refractivity contribution in [2.75, 3.05) is 36.8 Å². The molecule has 0 aliphatic carbocycles. The number of carbonyl (C=O) groups is 2. The number of thioether (sulfide) groups is 1. The number of carbonyl (C=O) groups excluding carboxylic acids is 2. The number of nitrogens with zero attached hydrogens (tertiary/aromatic N) is 2. The van der Waals surface area contributed by atoms with Crippen LogP contribution < -0.4 is 4.90 Å². The average Bonchev–Trinajstić information content (AvgIpc) is 2.67. The van der Waals surface area contributed by atoms with Gasteiger partial charge in [-0.05, 0) is 43.3 Å². The molecule has 0 spiro atoms. The number of ketones is 1. The van der Waals surface area contributed by atoms with Crippen LogP contribution in [0.2, 0.25) is 0 Å². The van der Waals surface area contributed by atoms with Crippen LogP contribution in [0.1, 0.15) is 17.3 Å². The Labute approximate surface area is 157 Å². The van der Waals surface area contributed by atoms with E-state index in [1.54, 1.807) is 25.1 Å². The molecule has 26 heavy (non-hydrogen) atoms. The number of hydrogen-bond acceptors (Lipinski definition) is 4. The zero-order valence-corrected chi connectivity index (χ0v) is 15.5. The van der Waals surface area contributed by atoms with Crippen molar-refractivity contribution in [3.05, 3.63) is 59.9 Å². The Kier molecular flexibility index (Phi) is 5.93. The third kappa shape index (κ3) is 4.43. The summed E-state index contributed by atoms with van der Waals surface area (Å²) in [6, 6.07) is 14.1. The summed E-state index contributed by atoms with van der Waals surface area (Å²) in [7, 11) is 0. The maximum Gasteiger partial charge on any atom is 0.233 e. The second-order valence-corrected chi connectivity index (χ2v) is 7.21. The van der Waals surface area contributed by atoms with Gasteiger partial charge in [-0.1, -0.05) is 12.1 Å². The van der Waals surface area contributed by atoms with Gasteiger partial charge in [0.05, 0.1) is 5.75 Å². The molecule has 136 valence electrons. The number of halogens is 1. The first-order chi connectivity index (χ1) is 12.5. The number of piperazine rings is 1. The quantitative estimate of drug-likeness (QED) is 0.595. The van der Waals surface area contributed by atoms with Crippen LogP contribution in [0.3, 0.4) is 0 Å². The lowest BCUT2D eigenvalue weighted by Gasteiger charge is -2.36. The summed E-state index contributed by atoms with van der Waals surface area (Å²) in [5, 5.41) is 0. The van der Waals surface area contributed by atoms with Gasteiger partial charge in [-0.25, -0.2) is 4.39 Å². The van der Waals surface area contributed by atoms with Gasteiger partial charge < -0.3 is 9.80 Å². The highest BCUT2D eigenvalue weighted by molar-refractivity contribution is 8.00. The molecule has 6 heteroatoms. The highest BCUT2D eigenvalue weighted by atomic mass is 32.2. The maximum atomic E-state index is 13.6. The summed E-state index contributed by atoms with van der Waals surface area (Å²) in [6.45, 7) is 4.33. The van der Waals surface area contributed by atoms with E-state index < -0.39 is 0 Å². The molecule has 1 fully saturated rings. The molecule has 0 aromatic heterocycles. The van der Waals surface area contributed by atoms with Crippen molar-refractivity contribution in [2.24, 2.45) is 0 Å². The van der Waals surface area contributed by atoms with Crippen molar-refractivity contribution in [1.82, 2.24) is 4.90 Å². The number of Topliss-reactive ketones (excluding diaryl/α,β-unsaturated/α-hetero) is 1. The topological polar surface area (TPSA) is 40.6 Å². The van der Waals surface area contributed by atoms with E-state index in [1.807, 2.05) is 29.2 Å². The summed E-state index contributed by atoms with van der Waals surface area (Å²) in [5.74, 6) is 0.0436. The summed E-state index contributed by atoms with van der Waals surface area (Å²) in [4.78, 5) is 28.3. The van der Waals surface area contributed by atoms with Crippen LogP contribution in [0.25, 0.3) is 0 Å². The summed E-state index contributed by atoms with van der Waals surface area (Å²) >= 11 is 1.24. The fourth-order valence-corrected chi connectivity index (χ4v) is 3.76. The lowest BCUT2D eigenvalue weighted by Crippen LogP contribution is -2.49. The zero-order valence-electron chi connectivity index (χ0n) is 14.7. The number of amides is 1. The van der Waals surface area contributed by atoms with E-state index in [1.165, 1.54) is 17.8 Å². The first-order valence-corrected chi connectivity index (χ1v) is 9.54. The normalized spacial score (nSPS) is 14.4. The van der Waals surface area contributed by atoms with Crippen molar-refractivity contribution < 1.29 is 14.0 Å². The van der Waals surface area contributed by atoms with E-state index in [2.05, 4.69) is 4.90 Å². The van der Waals surface area contributed by atoms with Crippen molar-refractivity contribution >= 4 is 29.1 Å². The van der Waals surface area contributed by atoms with Crippen LogP contribution in [0.5, 0.6) is 0 Å². The minimum Gasteiger partial charge on any atom is -0.368 e. The number of anilines is 1. The molecule has 2 aromatic carbocycles. The molecule has 1 aliphatic heterocycles. The second kappa shape index (κ2) is 8.36. The van der Waals surface area contributed by atoms with E-state index in [4.69, 9.17) is 0 Å². The molecule has 0 saturated carbocycles. The minimum atomic E-state index is -0.288. The molecule has 0 N–H and O–H groups in total. The Morgan fingerprint density at radius 1 is 1.00 bits per heavy atom. The summed E-state index contributed by atoms with van der Waals surface area (Å²) in [6.07, 6.45) is 0. The molecule has 0 bridgehead atoms. The third-order valence-electron chi connectivity index (χ3n) is 4.46. The molecule has 0 atom stereocenters. The van der Waals surface area contributed by atoms with Gasteiger partial charge in [0, 0.05) is 42.3 Å². The molecular weight excluding hydrogens is 351 g/mol. The van der Waals surface area contributed by atoms with Gasteiger partial charge >= 0.3 is 0 Å². The van der Waals surface area contributed by atoms with E-state index in [9.17, 15) is 14.0 Å². The van der Waals surface area contributed by atoms with Gasteiger partial charge in [0.15, 0.2) is 5.78 Å². The van der Waals surface area contributed by atoms with Crippen LogP contribution >= 0.6 is 11.8 Å². The fraction of sp³-hybridized carbons (Fsp3) is 0.300. The van der Waals surface area contributed by atoms with Crippen LogP contribution in [0, 0.1) is 5.82 Å². The van der Waals surface area contributed by atoms with Crippen LogP contribution in [-0.4, -0.2) is 48.5 Å². The van der Waals surface area contributed by atoms with E-state index in [0.717, 1.165) is 18.8 Å². The third-order valence-corrected chi connectivity index (χ3v) is 5.49. The Hall–Kier alpha value is -2.34. The van der Waals surface area contributed by atoms with Crippen molar-refractivity contribution in [3.63, 3.8) is 0 Å². The fourth-order valence-electron chi connectivity index (χ4n) is 2.91. The van der Waals surface area contributed by atoms with Crippen LogP contribution in [-0.2, 0) is 4.79 Å². The first-order valence-electron chi connectivity index (χ1n) is 8.55. The molecule has 2 aromatic rings. The average molecular weight is 372 g/mol. The standard InChI is InChI=1S/C20H21FN2O2S/c1-15(24)16-6-8-17(9-7-16)22-10-12-23(13-11-22)20(25)14-26-19-5-3-2-4-18(19)21/h2-9H,10-14H2,1H3. The van der Waals surface area contributed by atoms with Crippen molar-refractivity contribution in [3.8, 4) is 0 Å². The molecule has 0 unspecified atom stereocenters. The molecule has 1 saturated heterocycles. The summed E-state index contributed by atoms with van der Waals surface area (Å²) < 4.78 is 13.6. The lowest BCUT2D eigenvalue weighted by atomic mass is 10.1. The highest BCUT2D eigenvalue weighted by Crippen LogP contribution is 2.22. The predicted octanol–water partition coefficient (Wildman–Crippen LogP) is 3.47.